The van der Waals surface area contributed by atoms with Crippen molar-refractivity contribution in [2.75, 3.05) is 31.1 Å². The van der Waals surface area contributed by atoms with Crippen LogP contribution < -0.4 is 4.90 Å². The van der Waals surface area contributed by atoms with E-state index >= 15 is 0 Å². The topological polar surface area (TPSA) is 92.4 Å². The monoisotopic (exact) mass is 363 g/mol. The first-order valence-corrected chi connectivity index (χ1v) is 9.94. The molecule has 0 amide bonds. The zero-order valence-corrected chi connectivity index (χ0v) is 15.2. The van der Waals surface area contributed by atoms with Crippen LogP contribution in [0.3, 0.4) is 0 Å². The maximum atomic E-state index is 12.9. The summed E-state index contributed by atoms with van der Waals surface area (Å²) in [6, 6.07) is 2.10. The van der Waals surface area contributed by atoms with Crippen LogP contribution in [0.25, 0.3) is 0 Å². The molecule has 0 atom stereocenters. The lowest BCUT2D eigenvalue weighted by atomic mass is 10.2. The van der Waals surface area contributed by atoms with Gasteiger partial charge in [0.15, 0.2) is 11.6 Å². The van der Waals surface area contributed by atoms with Crippen LogP contribution >= 0.6 is 0 Å². The van der Waals surface area contributed by atoms with Crippen molar-refractivity contribution >= 4 is 15.8 Å². The maximum Gasteiger partial charge on any atom is 0.248 e. The summed E-state index contributed by atoms with van der Waals surface area (Å²) < 4.78 is 32.2. The third-order valence-corrected chi connectivity index (χ3v) is 7.08. The molecule has 134 valence electrons. The van der Waals surface area contributed by atoms with Crippen LogP contribution in [-0.2, 0) is 22.9 Å². The first-order valence-electron chi connectivity index (χ1n) is 8.50. The molecule has 3 heterocycles. The average Bonchev–Trinajstić information content (AvgIpc) is 3.20. The number of aryl methyl sites for hydroxylation is 4. The third-order valence-electron chi connectivity index (χ3n) is 4.94. The highest BCUT2D eigenvalue weighted by molar-refractivity contribution is 7.89. The van der Waals surface area contributed by atoms with Gasteiger partial charge in [-0.05, 0) is 44.7 Å². The van der Waals surface area contributed by atoms with Gasteiger partial charge in [0, 0.05) is 26.2 Å². The molecular formula is C16H21N5O3S. The molecule has 0 aromatic carbocycles. The van der Waals surface area contributed by atoms with E-state index in [4.69, 9.17) is 4.52 Å². The van der Waals surface area contributed by atoms with Crippen molar-refractivity contribution in [3.8, 4) is 0 Å². The molecule has 1 saturated heterocycles. The maximum absolute atomic E-state index is 12.9. The van der Waals surface area contributed by atoms with Crippen LogP contribution in [0.1, 0.15) is 29.1 Å². The molecule has 8 nitrogen and oxygen atoms in total. The predicted octanol–water partition coefficient (Wildman–Crippen LogP) is 1.08. The predicted molar refractivity (Wildman–Crippen MR) is 91.0 cm³/mol. The molecular weight excluding hydrogens is 342 g/mol. The lowest BCUT2D eigenvalue weighted by Crippen LogP contribution is -2.49. The summed E-state index contributed by atoms with van der Waals surface area (Å²) in [5, 5.41) is 12.4. The Hall–Kier alpha value is -2.00. The van der Waals surface area contributed by atoms with Crippen LogP contribution in [0.4, 0.5) is 5.82 Å². The third kappa shape index (κ3) is 2.81. The van der Waals surface area contributed by atoms with E-state index in [1.165, 1.54) is 9.87 Å². The van der Waals surface area contributed by atoms with Gasteiger partial charge in [-0.2, -0.15) is 9.40 Å². The van der Waals surface area contributed by atoms with Crippen molar-refractivity contribution < 1.29 is 12.9 Å². The van der Waals surface area contributed by atoms with Crippen LogP contribution in [0.5, 0.6) is 0 Å². The van der Waals surface area contributed by atoms with Crippen molar-refractivity contribution in [3.05, 3.63) is 28.8 Å². The van der Waals surface area contributed by atoms with Gasteiger partial charge in [0.1, 0.15) is 10.6 Å². The number of aromatic nitrogens is 3. The second-order valence-electron chi connectivity index (χ2n) is 6.57. The molecule has 1 fully saturated rings. The Morgan fingerprint density at radius 2 is 1.84 bits per heavy atom. The lowest BCUT2D eigenvalue weighted by molar-refractivity contribution is 0.377. The number of piperazine rings is 1. The van der Waals surface area contributed by atoms with Crippen LogP contribution in [0.15, 0.2) is 15.5 Å². The number of anilines is 1. The quantitative estimate of drug-likeness (QED) is 0.805. The van der Waals surface area contributed by atoms with Crippen molar-refractivity contribution in [1.29, 1.82) is 0 Å². The standard InChI is InChI=1S/C16H21N5O3S/c1-11-16(12(2)24-19-11)25(22,23)21-8-6-20(7-9-21)15-10-13-4-3-5-14(13)17-18-15/h10H,3-9H2,1-2H3. The molecule has 0 unspecified atom stereocenters. The van der Waals surface area contributed by atoms with Crippen LogP contribution in [0.2, 0.25) is 0 Å². The Labute approximate surface area is 146 Å². The Kier molecular flexibility index (Phi) is 3.99. The fourth-order valence-electron chi connectivity index (χ4n) is 3.60. The van der Waals surface area contributed by atoms with Gasteiger partial charge in [0.05, 0.1) is 5.69 Å². The van der Waals surface area contributed by atoms with Gasteiger partial charge in [0.2, 0.25) is 10.0 Å². The Bertz CT molecular complexity index is 881. The largest absolute Gasteiger partial charge is 0.360 e. The highest BCUT2D eigenvalue weighted by Crippen LogP contribution is 2.26. The highest BCUT2D eigenvalue weighted by Gasteiger charge is 2.33. The minimum Gasteiger partial charge on any atom is -0.360 e. The summed E-state index contributed by atoms with van der Waals surface area (Å²) >= 11 is 0. The number of sulfonamides is 1. The van der Waals surface area contributed by atoms with Gasteiger partial charge in [0.25, 0.3) is 0 Å². The van der Waals surface area contributed by atoms with Gasteiger partial charge in [-0.1, -0.05) is 5.16 Å². The van der Waals surface area contributed by atoms with Crippen molar-refractivity contribution in [2.24, 2.45) is 0 Å². The number of hydrogen-bond donors (Lipinski definition) is 0. The number of nitrogens with zero attached hydrogens (tertiary/aromatic N) is 5. The van der Waals surface area contributed by atoms with Gasteiger partial charge in [-0.15, -0.1) is 5.10 Å². The molecule has 2 aliphatic rings. The molecule has 0 bridgehead atoms. The molecule has 9 heteroatoms. The van der Waals surface area contributed by atoms with E-state index < -0.39 is 10.0 Å². The second kappa shape index (κ2) is 6.06. The molecule has 1 aliphatic heterocycles. The normalized spacial score (nSPS) is 18.6. The molecule has 4 rings (SSSR count). The van der Waals surface area contributed by atoms with Gasteiger partial charge in [-0.3, -0.25) is 0 Å². The number of rotatable bonds is 3. The smallest absolute Gasteiger partial charge is 0.248 e. The summed E-state index contributed by atoms with van der Waals surface area (Å²) in [4.78, 5) is 2.29. The molecule has 0 N–H and O–H groups in total. The van der Waals surface area contributed by atoms with E-state index in [9.17, 15) is 8.42 Å². The van der Waals surface area contributed by atoms with Gasteiger partial charge >= 0.3 is 0 Å². The molecule has 0 radical (unpaired) electrons. The SMILES string of the molecule is Cc1noc(C)c1S(=O)(=O)N1CCN(c2cc3c(nn2)CCC3)CC1. The summed E-state index contributed by atoms with van der Waals surface area (Å²) in [6.45, 7) is 5.28. The molecule has 0 saturated carbocycles. The van der Waals surface area contributed by atoms with E-state index in [1.54, 1.807) is 13.8 Å². The van der Waals surface area contributed by atoms with Crippen molar-refractivity contribution in [1.82, 2.24) is 19.7 Å². The Morgan fingerprint density at radius 3 is 2.52 bits per heavy atom. The molecule has 1 aliphatic carbocycles. The van der Waals surface area contributed by atoms with E-state index in [-0.39, 0.29) is 4.90 Å². The molecule has 25 heavy (non-hydrogen) atoms. The van der Waals surface area contributed by atoms with E-state index in [0.29, 0.717) is 37.6 Å². The van der Waals surface area contributed by atoms with E-state index in [0.717, 1.165) is 30.8 Å². The number of hydrogen-bond acceptors (Lipinski definition) is 7. The summed E-state index contributed by atoms with van der Waals surface area (Å²) in [6.07, 6.45) is 3.20. The molecule has 2 aromatic heterocycles. The van der Waals surface area contributed by atoms with Crippen molar-refractivity contribution in [2.45, 2.75) is 38.0 Å². The fraction of sp³-hybridized carbons (Fsp3) is 0.562. The zero-order valence-electron chi connectivity index (χ0n) is 14.4. The second-order valence-corrected chi connectivity index (χ2v) is 8.45. The first-order chi connectivity index (χ1) is 12.0. The lowest BCUT2D eigenvalue weighted by Gasteiger charge is -2.34. The van der Waals surface area contributed by atoms with Gasteiger partial charge in [-0.25, -0.2) is 8.42 Å². The van der Waals surface area contributed by atoms with Crippen LogP contribution in [0, 0.1) is 13.8 Å². The minimum atomic E-state index is -3.58. The van der Waals surface area contributed by atoms with E-state index in [2.05, 4.69) is 26.3 Å². The average molecular weight is 363 g/mol. The van der Waals surface area contributed by atoms with E-state index in [1.807, 2.05) is 0 Å². The molecule has 2 aromatic rings. The first kappa shape index (κ1) is 16.5. The minimum absolute atomic E-state index is 0.193. The molecule has 0 spiro atoms. The Morgan fingerprint density at radius 1 is 1.08 bits per heavy atom. The number of fused-ring (bicyclic) bond motifs is 1. The van der Waals surface area contributed by atoms with Crippen LogP contribution in [-0.4, -0.2) is 54.3 Å². The van der Waals surface area contributed by atoms with Crippen molar-refractivity contribution in [3.63, 3.8) is 0 Å². The summed E-state index contributed by atoms with van der Waals surface area (Å²) in [5.41, 5.74) is 2.78. The Balaban J connectivity index is 1.50. The highest BCUT2D eigenvalue weighted by atomic mass is 32.2. The fourth-order valence-corrected chi connectivity index (χ4v) is 5.31. The van der Waals surface area contributed by atoms with Gasteiger partial charge < -0.3 is 9.42 Å². The summed E-state index contributed by atoms with van der Waals surface area (Å²) in [5.74, 6) is 1.18. The summed E-state index contributed by atoms with van der Waals surface area (Å²) in [7, 11) is -3.58. The zero-order chi connectivity index (χ0) is 17.6.